The second-order valence-electron chi connectivity index (χ2n) is 6.35. The number of amides is 1. The topological polar surface area (TPSA) is 107 Å². The van der Waals surface area contributed by atoms with E-state index in [0.29, 0.717) is 23.7 Å². The highest BCUT2D eigenvalue weighted by Gasteiger charge is 2.18. The summed E-state index contributed by atoms with van der Waals surface area (Å²) in [7, 11) is 0. The average Bonchev–Trinajstić information content (AvgIpc) is 2.70. The first-order chi connectivity index (χ1) is 13.5. The molecular weight excluding hydrogens is 364 g/mol. The summed E-state index contributed by atoms with van der Waals surface area (Å²) in [5.41, 5.74) is 0.965. The fraction of sp³-hybridized carbons (Fsp3) is 0.368. The second kappa shape index (κ2) is 9.25. The molecule has 1 saturated heterocycles. The number of anilines is 1. The van der Waals surface area contributed by atoms with E-state index in [1.807, 2.05) is 0 Å². The SMILES string of the molecule is Cc1c(C(=O)Nc2ccc(OCCN3CCOCC3)nc2)cccc1[N+](=O)[O-]. The van der Waals surface area contributed by atoms with Gasteiger partial charge in [-0.25, -0.2) is 4.98 Å². The van der Waals surface area contributed by atoms with Crippen molar-refractivity contribution >= 4 is 17.3 Å². The molecule has 1 amide bonds. The van der Waals surface area contributed by atoms with Crippen molar-refractivity contribution < 1.29 is 19.2 Å². The van der Waals surface area contributed by atoms with Crippen LogP contribution in [0.15, 0.2) is 36.5 Å². The maximum atomic E-state index is 12.4. The van der Waals surface area contributed by atoms with Crippen LogP contribution in [0.4, 0.5) is 11.4 Å². The van der Waals surface area contributed by atoms with E-state index in [4.69, 9.17) is 9.47 Å². The third-order valence-electron chi connectivity index (χ3n) is 4.50. The zero-order valence-corrected chi connectivity index (χ0v) is 15.6. The van der Waals surface area contributed by atoms with E-state index >= 15 is 0 Å². The third-order valence-corrected chi connectivity index (χ3v) is 4.50. The molecular formula is C19H22N4O5. The Morgan fingerprint density at radius 2 is 2.11 bits per heavy atom. The summed E-state index contributed by atoms with van der Waals surface area (Å²) in [6.07, 6.45) is 1.49. The van der Waals surface area contributed by atoms with Gasteiger partial charge in [0, 0.05) is 42.9 Å². The molecule has 9 heteroatoms. The van der Waals surface area contributed by atoms with E-state index in [2.05, 4.69) is 15.2 Å². The van der Waals surface area contributed by atoms with E-state index < -0.39 is 10.8 Å². The number of nitro groups is 1. The van der Waals surface area contributed by atoms with Crippen molar-refractivity contribution in [2.75, 3.05) is 44.8 Å². The molecule has 1 aliphatic heterocycles. The van der Waals surface area contributed by atoms with Crippen molar-refractivity contribution in [1.29, 1.82) is 0 Å². The lowest BCUT2D eigenvalue weighted by Gasteiger charge is -2.26. The molecule has 0 radical (unpaired) electrons. The fourth-order valence-corrected chi connectivity index (χ4v) is 2.91. The summed E-state index contributed by atoms with van der Waals surface area (Å²) >= 11 is 0. The zero-order chi connectivity index (χ0) is 19.9. The summed E-state index contributed by atoms with van der Waals surface area (Å²) in [5.74, 6) is 0.0433. The Hall–Kier alpha value is -3.04. The minimum Gasteiger partial charge on any atom is -0.476 e. The van der Waals surface area contributed by atoms with Crippen LogP contribution in [0.1, 0.15) is 15.9 Å². The molecule has 3 rings (SSSR count). The maximum Gasteiger partial charge on any atom is 0.273 e. The van der Waals surface area contributed by atoms with Crippen molar-refractivity contribution in [3.8, 4) is 5.88 Å². The van der Waals surface area contributed by atoms with Crippen LogP contribution in [-0.2, 0) is 4.74 Å². The van der Waals surface area contributed by atoms with Gasteiger partial charge in [-0.15, -0.1) is 0 Å². The molecule has 2 heterocycles. The number of pyridine rings is 1. The van der Waals surface area contributed by atoms with Crippen molar-refractivity contribution in [3.63, 3.8) is 0 Å². The maximum absolute atomic E-state index is 12.4. The van der Waals surface area contributed by atoms with E-state index in [0.717, 1.165) is 32.8 Å². The van der Waals surface area contributed by atoms with Gasteiger partial charge in [-0.2, -0.15) is 0 Å². The van der Waals surface area contributed by atoms with Gasteiger partial charge in [0.15, 0.2) is 0 Å². The summed E-state index contributed by atoms with van der Waals surface area (Å²) < 4.78 is 10.9. The van der Waals surface area contributed by atoms with Crippen LogP contribution in [0.2, 0.25) is 0 Å². The number of morpholine rings is 1. The number of hydrogen-bond acceptors (Lipinski definition) is 7. The number of nitrogens with one attached hydrogen (secondary N) is 1. The summed E-state index contributed by atoms with van der Waals surface area (Å²) in [4.78, 5) is 29.4. The fourth-order valence-electron chi connectivity index (χ4n) is 2.91. The number of ether oxygens (including phenoxy) is 2. The summed E-state index contributed by atoms with van der Waals surface area (Å²) in [5, 5.41) is 13.7. The van der Waals surface area contributed by atoms with Gasteiger partial charge in [0.2, 0.25) is 5.88 Å². The predicted octanol–water partition coefficient (Wildman–Crippen LogP) is 2.26. The number of carbonyl (C=O) groups is 1. The molecule has 1 aliphatic rings. The van der Waals surface area contributed by atoms with Gasteiger partial charge in [-0.1, -0.05) is 6.07 Å². The Bertz CT molecular complexity index is 835. The number of aromatic nitrogens is 1. The molecule has 2 aromatic rings. The minimum absolute atomic E-state index is 0.0882. The number of nitro benzene ring substituents is 1. The lowest BCUT2D eigenvalue weighted by Crippen LogP contribution is -2.38. The number of benzene rings is 1. The van der Waals surface area contributed by atoms with Crippen LogP contribution < -0.4 is 10.1 Å². The van der Waals surface area contributed by atoms with Gasteiger partial charge in [-0.3, -0.25) is 19.8 Å². The van der Waals surface area contributed by atoms with Crippen LogP contribution in [0.5, 0.6) is 5.88 Å². The van der Waals surface area contributed by atoms with E-state index in [1.54, 1.807) is 25.1 Å². The Morgan fingerprint density at radius 3 is 2.79 bits per heavy atom. The molecule has 0 atom stereocenters. The second-order valence-corrected chi connectivity index (χ2v) is 6.35. The first-order valence-electron chi connectivity index (χ1n) is 8.99. The molecule has 1 fully saturated rings. The highest BCUT2D eigenvalue weighted by Crippen LogP contribution is 2.22. The third kappa shape index (κ3) is 5.02. The molecule has 0 spiro atoms. The van der Waals surface area contributed by atoms with Crippen LogP contribution in [0.25, 0.3) is 0 Å². The van der Waals surface area contributed by atoms with Gasteiger partial charge in [0.1, 0.15) is 6.61 Å². The monoisotopic (exact) mass is 386 g/mol. The Kier molecular flexibility index (Phi) is 6.51. The lowest BCUT2D eigenvalue weighted by molar-refractivity contribution is -0.385. The largest absolute Gasteiger partial charge is 0.476 e. The van der Waals surface area contributed by atoms with Crippen molar-refractivity contribution in [2.24, 2.45) is 0 Å². The number of rotatable bonds is 7. The van der Waals surface area contributed by atoms with Gasteiger partial charge in [0.25, 0.3) is 11.6 Å². The van der Waals surface area contributed by atoms with Gasteiger partial charge < -0.3 is 14.8 Å². The number of carbonyl (C=O) groups excluding carboxylic acids is 1. The molecule has 1 aromatic carbocycles. The molecule has 0 unspecified atom stereocenters. The van der Waals surface area contributed by atoms with Gasteiger partial charge in [-0.05, 0) is 19.1 Å². The smallest absolute Gasteiger partial charge is 0.273 e. The standard InChI is InChI=1S/C19H22N4O5/c1-14-16(3-2-4-17(14)23(25)26)19(24)21-15-5-6-18(20-13-15)28-12-9-22-7-10-27-11-8-22/h2-6,13H,7-12H2,1H3,(H,21,24). The van der Waals surface area contributed by atoms with Gasteiger partial charge in [0.05, 0.1) is 30.0 Å². The van der Waals surface area contributed by atoms with Crippen molar-refractivity contribution in [2.45, 2.75) is 6.92 Å². The molecule has 9 nitrogen and oxygen atoms in total. The van der Waals surface area contributed by atoms with E-state index in [1.165, 1.54) is 18.3 Å². The first kappa shape index (κ1) is 19.7. The van der Waals surface area contributed by atoms with E-state index in [-0.39, 0.29) is 11.3 Å². The molecule has 0 saturated carbocycles. The summed E-state index contributed by atoms with van der Waals surface area (Å²) in [6.45, 7) is 6.17. The summed E-state index contributed by atoms with van der Waals surface area (Å²) in [6, 6.07) is 7.77. The molecule has 0 bridgehead atoms. The highest BCUT2D eigenvalue weighted by molar-refractivity contribution is 6.05. The Morgan fingerprint density at radius 1 is 1.32 bits per heavy atom. The number of hydrogen-bond donors (Lipinski definition) is 1. The molecule has 148 valence electrons. The zero-order valence-electron chi connectivity index (χ0n) is 15.6. The van der Waals surface area contributed by atoms with Crippen LogP contribution in [0.3, 0.4) is 0 Å². The Balaban J connectivity index is 1.54. The van der Waals surface area contributed by atoms with E-state index in [9.17, 15) is 14.9 Å². The van der Waals surface area contributed by atoms with Crippen LogP contribution in [0, 0.1) is 17.0 Å². The number of nitrogens with zero attached hydrogens (tertiary/aromatic N) is 3. The molecule has 28 heavy (non-hydrogen) atoms. The van der Waals surface area contributed by atoms with Gasteiger partial charge >= 0.3 is 0 Å². The molecule has 1 aromatic heterocycles. The van der Waals surface area contributed by atoms with Crippen LogP contribution in [-0.4, -0.2) is 60.2 Å². The Labute approximate surface area is 162 Å². The van der Waals surface area contributed by atoms with Crippen LogP contribution >= 0.6 is 0 Å². The van der Waals surface area contributed by atoms with Crippen molar-refractivity contribution in [3.05, 3.63) is 57.8 Å². The normalized spacial score (nSPS) is 14.5. The lowest BCUT2D eigenvalue weighted by atomic mass is 10.1. The average molecular weight is 386 g/mol. The minimum atomic E-state index is -0.503. The molecule has 0 aliphatic carbocycles. The molecule has 1 N–H and O–H groups in total. The van der Waals surface area contributed by atoms with Crippen molar-refractivity contribution in [1.82, 2.24) is 9.88 Å². The highest BCUT2D eigenvalue weighted by atomic mass is 16.6. The predicted molar refractivity (Wildman–Crippen MR) is 103 cm³/mol. The quantitative estimate of drug-likeness (QED) is 0.574. The first-order valence-corrected chi connectivity index (χ1v) is 8.99.